The third-order valence-corrected chi connectivity index (χ3v) is 9.42. The van der Waals surface area contributed by atoms with Crippen molar-refractivity contribution in [3.05, 3.63) is 84.0 Å². The molecule has 14 heteroatoms. The molecule has 49 heavy (non-hydrogen) atoms. The fourth-order valence-electron chi connectivity index (χ4n) is 4.94. The highest BCUT2D eigenvalue weighted by Crippen LogP contribution is 2.40. The molecule has 260 valence electrons. The first kappa shape index (κ1) is 37.9. The van der Waals surface area contributed by atoms with Crippen LogP contribution < -0.4 is 19.7 Å². The number of anilines is 1. The minimum absolute atomic E-state index is 0.00650. The largest absolute Gasteiger partial charge is 0.480 e. The highest BCUT2D eigenvalue weighted by atomic mass is 127. The first-order valence-corrected chi connectivity index (χ1v) is 17.2. The van der Waals surface area contributed by atoms with Crippen LogP contribution in [0, 0.1) is 7.14 Å². The molecule has 0 bridgehead atoms. The third kappa shape index (κ3) is 9.00. The van der Waals surface area contributed by atoms with Crippen molar-refractivity contribution in [1.29, 1.82) is 0 Å². The van der Waals surface area contributed by atoms with Crippen LogP contribution in [0.2, 0.25) is 0 Å². The number of ether oxygens (including phenoxy) is 5. The molecule has 0 fully saturated rings. The van der Waals surface area contributed by atoms with Gasteiger partial charge in [0, 0.05) is 32.2 Å². The molecule has 3 aromatic rings. The Labute approximate surface area is 311 Å². The van der Waals surface area contributed by atoms with Crippen LogP contribution in [0.15, 0.2) is 54.6 Å². The maximum absolute atomic E-state index is 13.0. The van der Waals surface area contributed by atoms with E-state index >= 15 is 0 Å². The summed E-state index contributed by atoms with van der Waals surface area (Å²) in [4.78, 5) is 62.0. The smallest absolute Gasteiger partial charge is 0.407 e. The molecule has 0 aliphatic carbocycles. The van der Waals surface area contributed by atoms with Gasteiger partial charge in [0.1, 0.15) is 18.1 Å². The second-order valence-electron chi connectivity index (χ2n) is 12.0. The van der Waals surface area contributed by atoms with Gasteiger partial charge in [0.15, 0.2) is 17.0 Å². The molecule has 2 aliphatic heterocycles. The zero-order chi connectivity index (χ0) is 36.1. The molecule has 12 nitrogen and oxygen atoms in total. The number of nitrogens with one attached hydrogen (secondary N) is 1. The van der Waals surface area contributed by atoms with E-state index in [4.69, 9.17) is 23.7 Å². The van der Waals surface area contributed by atoms with Crippen LogP contribution in [0.4, 0.5) is 10.5 Å². The van der Waals surface area contributed by atoms with Crippen LogP contribution in [0.3, 0.4) is 0 Å². The van der Waals surface area contributed by atoms with Gasteiger partial charge in [-0.3, -0.25) is 9.59 Å². The SMILES string of the molecule is COC(=O)c1cc2c(cc1I)OC(C)(C)C(=O)C2.COC(=O)c1cc2c(cc1I)OC(C)(C)C(=O)N2CCNC(=O)OCc1ccccc1. The van der Waals surface area contributed by atoms with Gasteiger partial charge in [-0.1, -0.05) is 30.3 Å². The minimum atomic E-state index is -1.09. The number of hydrogen-bond donors (Lipinski definition) is 1. The summed E-state index contributed by atoms with van der Waals surface area (Å²) < 4.78 is 27.7. The van der Waals surface area contributed by atoms with Crippen LogP contribution >= 0.6 is 45.2 Å². The number of esters is 2. The van der Waals surface area contributed by atoms with Crippen molar-refractivity contribution in [3.63, 3.8) is 0 Å². The van der Waals surface area contributed by atoms with Gasteiger partial charge in [0.05, 0.1) is 31.0 Å². The van der Waals surface area contributed by atoms with E-state index in [9.17, 15) is 24.0 Å². The van der Waals surface area contributed by atoms with Gasteiger partial charge in [0.25, 0.3) is 5.91 Å². The normalized spacial score (nSPS) is 15.2. The van der Waals surface area contributed by atoms with E-state index in [2.05, 4.69) is 27.9 Å². The molecule has 0 unspecified atom stereocenters. The molecule has 5 rings (SSSR count). The van der Waals surface area contributed by atoms with E-state index in [1.165, 1.54) is 19.1 Å². The Balaban J connectivity index is 0.000000254. The molecule has 0 radical (unpaired) electrons. The molecule has 2 heterocycles. The first-order valence-electron chi connectivity index (χ1n) is 15.1. The predicted octanol–water partition coefficient (Wildman–Crippen LogP) is 5.87. The summed E-state index contributed by atoms with van der Waals surface area (Å²) in [5.41, 5.74) is 0.969. The lowest BCUT2D eigenvalue weighted by molar-refractivity contribution is -0.133. The van der Waals surface area contributed by atoms with Crippen molar-refractivity contribution in [2.75, 3.05) is 32.2 Å². The van der Waals surface area contributed by atoms with Gasteiger partial charge in [-0.2, -0.15) is 0 Å². The lowest BCUT2D eigenvalue weighted by atomic mass is 9.92. The number of carbonyl (C=O) groups is 5. The number of carbonyl (C=O) groups excluding carboxylic acids is 5. The Morgan fingerprint density at radius 2 is 1.41 bits per heavy atom. The predicted molar refractivity (Wildman–Crippen MR) is 196 cm³/mol. The maximum atomic E-state index is 13.0. The fourth-order valence-corrected chi connectivity index (χ4v) is 6.26. The molecule has 0 spiro atoms. The second kappa shape index (κ2) is 15.7. The molecular weight excluding hydrogens is 862 g/mol. The summed E-state index contributed by atoms with van der Waals surface area (Å²) in [6.07, 6.45) is -0.301. The zero-order valence-corrected chi connectivity index (χ0v) is 32.1. The fraction of sp³-hybridized carbons (Fsp3) is 0.343. The van der Waals surface area contributed by atoms with E-state index in [1.54, 1.807) is 52.0 Å². The van der Waals surface area contributed by atoms with Crippen molar-refractivity contribution in [2.45, 2.75) is 51.9 Å². The molecule has 0 saturated carbocycles. The minimum Gasteiger partial charge on any atom is -0.480 e. The molecule has 2 amide bonds. The summed E-state index contributed by atoms with van der Waals surface area (Å²) in [5.74, 6) is -0.0417. The van der Waals surface area contributed by atoms with Gasteiger partial charge in [-0.15, -0.1) is 0 Å². The molecule has 1 N–H and O–H groups in total. The van der Waals surface area contributed by atoms with E-state index in [0.717, 1.165) is 14.7 Å². The Morgan fingerprint density at radius 1 is 0.837 bits per heavy atom. The number of methoxy groups -OCH3 is 2. The highest BCUT2D eigenvalue weighted by molar-refractivity contribution is 14.1. The quantitative estimate of drug-likeness (QED) is 0.174. The summed E-state index contributed by atoms with van der Waals surface area (Å²) in [6, 6.07) is 16.1. The number of rotatable bonds is 7. The lowest BCUT2D eigenvalue weighted by Gasteiger charge is -2.39. The van der Waals surface area contributed by atoms with Crippen molar-refractivity contribution in [3.8, 4) is 11.5 Å². The van der Waals surface area contributed by atoms with E-state index in [0.29, 0.717) is 31.9 Å². The third-order valence-electron chi connectivity index (χ3n) is 7.63. The number of hydrogen-bond acceptors (Lipinski definition) is 10. The molecule has 0 saturated heterocycles. The number of ketones is 1. The van der Waals surface area contributed by atoms with Gasteiger partial charge in [-0.05, 0) is 103 Å². The topological polar surface area (TPSA) is 147 Å². The lowest BCUT2D eigenvalue weighted by Crippen LogP contribution is -2.54. The van der Waals surface area contributed by atoms with Crippen LogP contribution in [0.1, 0.15) is 59.5 Å². The van der Waals surface area contributed by atoms with Crippen LogP contribution in [0.25, 0.3) is 0 Å². The zero-order valence-electron chi connectivity index (χ0n) is 27.8. The van der Waals surface area contributed by atoms with Gasteiger partial charge in [0.2, 0.25) is 0 Å². The second-order valence-corrected chi connectivity index (χ2v) is 14.3. The van der Waals surface area contributed by atoms with Gasteiger partial charge in [-0.25, -0.2) is 14.4 Å². The van der Waals surface area contributed by atoms with E-state index < -0.39 is 29.2 Å². The van der Waals surface area contributed by atoms with Gasteiger partial charge < -0.3 is 33.9 Å². The Kier molecular flexibility index (Phi) is 12.2. The number of halogens is 2. The molecule has 3 aromatic carbocycles. The molecule has 2 aliphatic rings. The summed E-state index contributed by atoms with van der Waals surface area (Å²) in [7, 11) is 2.63. The van der Waals surface area contributed by atoms with Crippen LogP contribution in [-0.2, 0) is 36.8 Å². The summed E-state index contributed by atoms with van der Waals surface area (Å²) in [6.45, 7) is 7.34. The van der Waals surface area contributed by atoms with Crippen molar-refractivity contribution >= 4 is 80.6 Å². The average Bonchev–Trinajstić information content (AvgIpc) is 3.05. The summed E-state index contributed by atoms with van der Waals surface area (Å²) >= 11 is 4.08. The Bertz CT molecular complexity index is 1780. The molecule has 0 aromatic heterocycles. The number of nitrogens with zero attached hydrogens (tertiary/aromatic N) is 1. The highest BCUT2D eigenvalue weighted by Gasteiger charge is 2.41. The number of alkyl carbamates (subject to hydrolysis) is 1. The van der Waals surface area contributed by atoms with Crippen molar-refractivity contribution in [2.24, 2.45) is 0 Å². The first-order chi connectivity index (χ1) is 23.1. The number of Topliss-reactive ketones (excluding diaryl/α,β-unsaturated/α-hetero) is 1. The Morgan fingerprint density at radius 3 is 2.02 bits per heavy atom. The standard InChI is InChI=1S/C22H23IN2O6.C13H13IO4/c1-22(2)20(27)25(10-9-24-21(28)30-13-14-7-5-4-6-8-14)17-11-15(19(26)29-3)16(23)12-18(17)31-22;1-13(2)11(15)5-7-4-8(12(16)17-3)9(14)6-10(7)18-13/h4-8,11-12H,9-10,13H2,1-3H3,(H,24,28);4,6H,5H2,1-3H3. The van der Waals surface area contributed by atoms with E-state index in [-0.39, 0.29) is 37.8 Å². The summed E-state index contributed by atoms with van der Waals surface area (Å²) in [5, 5.41) is 2.65. The number of fused-ring (bicyclic) bond motifs is 2. The maximum Gasteiger partial charge on any atom is 0.407 e. The average molecular weight is 898 g/mol. The monoisotopic (exact) mass is 898 g/mol. The van der Waals surface area contributed by atoms with E-state index in [1.807, 2.05) is 52.9 Å². The van der Waals surface area contributed by atoms with Crippen LogP contribution in [-0.4, -0.2) is 68.2 Å². The van der Waals surface area contributed by atoms with Crippen LogP contribution in [0.5, 0.6) is 11.5 Å². The van der Waals surface area contributed by atoms with Crippen molar-refractivity contribution in [1.82, 2.24) is 5.32 Å². The van der Waals surface area contributed by atoms with Gasteiger partial charge >= 0.3 is 18.0 Å². The molecular formula is C35H36I2N2O10. The number of amides is 2. The number of benzene rings is 3. The van der Waals surface area contributed by atoms with Crippen molar-refractivity contribution < 1.29 is 47.7 Å². The molecule has 0 atom stereocenters. The Hall–Kier alpha value is -3.93.